The van der Waals surface area contributed by atoms with Gasteiger partial charge in [-0.3, -0.25) is 19.3 Å². The van der Waals surface area contributed by atoms with Gasteiger partial charge in [0.25, 0.3) is 5.91 Å². The second-order valence-electron chi connectivity index (χ2n) is 5.91. The lowest BCUT2D eigenvalue weighted by Gasteiger charge is -2.20. The van der Waals surface area contributed by atoms with Gasteiger partial charge in [0, 0.05) is 31.3 Å². The molecule has 1 unspecified atom stereocenters. The zero-order valence-electron chi connectivity index (χ0n) is 13.9. The number of nitrogens with zero attached hydrogens (tertiary/aromatic N) is 2. The zero-order valence-corrected chi connectivity index (χ0v) is 13.9. The fraction of sp³-hybridized carbons (Fsp3) is 0.471. The van der Waals surface area contributed by atoms with Gasteiger partial charge in [0.2, 0.25) is 11.8 Å². The molecular formula is C17H21N3O4. The molecule has 1 aromatic rings. The predicted octanol–water partition coefficient (Wildman–Crippen LogP) is 1.38. The molecule has 0 aromatic heterocycles. The Morgan fingerprint density at radius 3 is 2.62 bits per heavy atom. The van der Waals surface area contributed by atoms with Gasteiger partial charge in [-0.2, -0.15) is 0 Å². The summed E-state index contributed by atoms with van der Waals surface area (Å²) in [7, 11) is 1.55. The number of rotatable bonds is 5. The molecule has 2 heterocycles. The minimum absolute atomic E-state index is 0.0872. The van der Waals surface area contributed by atoms with Crippen molar-refractivity contribution in [3.8, 4) is 5.75 Å². The van der Waals surface area contributed by atoms with Gasteiger partial charge in [0.15, 0.2) is 0 Å². The lowest BCUT2D eigenvalue weighted by molar-refractivity contribution is -0.138. The second-order valence-corrected chi connectivity index (χ2v) is 5.91. The second kappa shape index (κ2) is 6.51. The van der Waals surface area contributed by atoms with Crippen molar-refractivity contribution in [2.45, 2.75) is 32.2 Å². The van der Waals surface area contributed by atoms with Crippen LogP contribution in [0.4, 0.5) is 11.4 Å². The summed E-state index contributed by atoms with van der Waals surface area (Å²) in [6.45, 7) is 2.85. The Hall–Kier alpha value is -2.57. The van der Waals surface area contributed by atoms with E-state index in [2.05, 4.69) is 5.32 Å². The highest BCUT2D eigenvalue weighted by molar-refractivity contribution is 6.06. The van der Waals surface area contributed by atoms with E-state index in [0.29, 0.717) is 30.9 Å². The van der Waals surface area contributed by atoms with E-state index in [-0.39, 0.29) is 24.1 Å². The third-order valence-corrected chi connectivity index (χ3v) is 4.44. The number of methoxy groups -OCH3 is 1. The van der Waals surface area contributed by atoms with Crippen molar-refractivity contribution in [3.63, 3.8) is 0 Å². The number of hydrogen-bond acceptors (Lipinski definition) is 5. The molecule has 2 aliphatic rings. The first-order valence-corrected chi connectivity index (χ1v) is 8.14. The van der Waals surface area contributed by atoms with Crippen LogP contribution in [0.5, 0.6) is 5.75 Å². The van der Waals surface area contributed by atoms with Gasteiger partial charge >= 0.3 is 0 Å². The maximum atomic E-state index is 12.2. The average Bonchev–Trinajstić information content (AvgIpc) is 3.11. The number of imide groups is 1. The van der Waals surface area contributed by atoms with Crippen molar-refractivity contribution in [3.05, 3.63) is 18.2 Å². The number of anilines is 2. The monoisotopic (exact) mass is 331 g/mol. The number of nitrogens with one attached hydrogen (secondary N) is 1. The molecule has 7 heteroatoms. The smallest absolute Gasteiger partial charge is 0.252 e. The lowest BCUT2D eigenvalue weighted by Crippen LogP contribution is -2.34. The van der Waals surface area contributed by atoms with E-state index in [1.807, 2.05) is 6.07 Å². The number of carbonyl (C=O) groups is 3. The van der Waals surface area contributed by atoms with Crippen LogP contribution in [0.15, 0.2) is 18.2 Å². The Morgan fingerprint density at radius 1 is 1.25 bits per heavy atom. The fourth-order valence-electron chi connectivity index (χ4n) is 3.22. The summed E-state index contributed by atoms with van der Waals surface area (Å²) >= 11 is 0. The maximum Gasteiger partial charge on any atom is 0.252 e. The summed E-state index contributed by atoms with van der Waals surface area (Å²) in [5.41, 5.74) is 1.42. The molecule has 1 atom stereocenters. The molecule has 0 aliphatic carbocycles. The van der Waals surface area contributed by atoms with Crippen LogP contribution in [0.2, 0.25) is 0 Å². The topological polar surface area (TPSA) is 79.0 Å². The Balaban J connectivity index is 1.79. The van der Waals surface area contributed by atoms with Gasteiger partial charge in [0.1, 0.15) is 11.8 Å². The first-order valence-electron chi connectivity index (χ1n) is 8.14. The van der Waals surface area contributed by atoms with E-state index < -0.39 is 6.04 Å². The Bertz CT molecular complexity index is 688. The van der Waals surface area contributed by atoms with E-state index >= 15 is 0 Å². The predicted molar refractivity (Wildman–Crippen MR) is 89.0 cm³/mol. The van der Waals surface area contributed by atoms with Crippen molar-refractivity contribution in [2.24, 2.45) is 0 Å². The van der Waals surface area contributed by atoms with E-state index in [9.17, 15) is 14.4 Å². The molecular weight excluding hydrogens is 310 g/mol. The Labute approximate surface area is 140 Å². The van der Waals surface area contributed by atoms with Crippen molar-refractivity contribution in [1.82, 2.24) is 4.90 Å². The van der Waals surface area contributed by atoms with Crippen molar-refractivity contribution in [1.29, 1.82) is 0 Å². The van der Waals surface area contributed by atoms with E-state index in [4.69, 9.17) is 4.74 Å². The highest BCUT2D eigenvalue weighted by Gasteiger charge is 2.37. The van der Waals surface area contributed by atoms with Crippen LogP contribution < -0.4 is 15.0 Å². The van der Waals surface area contributed by atoms with Crippen molar-refractivity contribution < 1.29 is 19.1 Å². The molecule has 1 N–H and O–H groups in total. The van der Waals surface area contributed by atoms with Crippen LogP contribution in [-0.4, -0.2) is 48.9 Å². The molecule has 7 nitrogen and oxygen atoms in total. The molecule has 2 saturated heterocycles. The van der Waals surface area contributed by atoms with Crippen LogP contribution in [0.3, 0.4) is 0 Å². The molecule has 3 amide bonds. The average molecular weight is 331 g/mol. The van der Waals surface area contributed by atoms with Crippen LogP contribution in [0.1, 0.15) is 26.2 Å². The molecule has 0 bridgehead atoms. The van der Waals surface area contributed by atoms with Crippen LogP contribution >= 0.6 is 0 Å². The minimum atomic E-state index is -0.554. The Kier molecular flexibility index (Phi) is 4.42. The van der Waals surface area contributed by atoms with Gasteiger partial charge in [-0.25, -0.2) is 0 Å². The summed E-state index contributed by atoms with van der Waals surface area (Å²) in [6.07, 6.45) is 1.55. The molecule has 24 heavy (non-hydrogen) atoms. The van der Waals surface area contributed by atoms with Gasteiger partial charge in [-0.1, -0.05) is 0 Å². The SMILES string of the molecule is CCN1C(=O)CC(Nc2ccc(N3CCCC3=O)c(OC)c2)C1=O. The molecule has 1 aromatic carbocycles. The molecule has 0 saturated carbocycles. The molecule has 0 spiro atoms. The third-order valence-electron chi connectivity index (χ3n) is 4.44. The summed E-state index contributed by atoms with van der Waals surface area (Å²) in [5.74, 6) is 0.287. The molecule has 2 aliphatic heterocycles. The number of likely N-dealkylation sites (N-methyl/N-ethyl adjacent to an activating group) is 1. The quantitative estimate of drug-likeness (QED) is 0.825. The first kappa shape index (κ1) is 16.3. The van der Waals surface area contributed by atoms with Gasteiger partial charge in [-0.05, 0) is 25.5 Å². The van der Waals surface area contributed by atoms with Crippen LogP contribution in [-0.2, 0) is 14.4 Å². The van der Waals surface area contributed by atoms with Gasteiger partial charge in [-0.15, -0.1) is 0 Å². The highest BCUT2D eigenvalue weighted by Crippen LogP contribution is 2.34. The lowest BCUT2D eigenvalue weighted by atomic mass is 10.2. The fourth-order valence-corrected chi connectivity index (χ4v) is 3.22. The molecule has 128 valence electrons. The minimum Gasteiger partial charge on any atom is -0.494 e. The molecule has 3 rings (SSSR count). The highest BCUT2D eigenvalue weighted by atomic mass is 16.5. The zero-order chi connectivity index (χ0) is 17.3. The van der Waals surface area contributed by atoms with Gasteiger partial charge in [0.05, 0.1) is 19.2 Å². The van der Waals surface area contributed by atoms with Crippen molar-refractivity contribution in [2.75, 3.05) is 30.4 Å². The number of benzene rings is 1. The molecule has 2 fully saturated rings. The first-order chi connectivity index (χ1) is 11.5. The van der Waals surface area contributed by atoms with Gasteiger partial charge < -0.3 is 15.0 Å². The summed E-state index contributed by atoms with van der Waals surface area (Å²) in [5, 5.41) is 3.09. The summed E-state index contributed by atoms with van der Waals surface area (Å²) < 4.78 is 5.41. The standard InChI is InChI=1S/C17H21N3O4/c1-3-19-16(22)10-12(17(19)23)18-11-6-7-13(14(9-11)24-2)20-8-4-5-15(20)21/h6-7,9,12,18H,3-5,8,10H2,1-2H3. The van der Waals surface area contributed by atoms with E-state index in [1.54, 1.807) is 31.1 Å². The largest absolute Gasteiger partial charge is 0.494 e. The van der Waals surface area contributed by atoms with E-state index in [1.165, 1.54) is 4.90 Å². The Morgan fingerprint density at radius 2 is 2.04 bits per heavy atom. The summed E-state index contributed by atoms with van der Waals surface area (Å²) in [6, 6.07) is 4.81. The maximum absolute atomic E-state index is 12.2. The number of carbonyl (C=O) groups excluding carboxylic acids is 3. The number of likely N-dealkylation sites (tertiary alicyclic amines) is 1. The third kappa shape index (κ3) is 2.81. The van der Waals surface area contributed by atoms with Crippen LogP contribution in [0, 0.1) is 0 Å². The van der Waals surface area contributed by atoms with Crippen LogP contribution in [0.25, 0.3) is 0 Å². The van der Waals surface area contributed by atoms with E-state index in [0.717, 1.165) is 12.1 Å². The molecule has 0 radical (unpaired) electrons. The summed E-state index contributed by atoms with van der Waals surface area (Å²) in [4.78, 5) is 38.9. The number of ether oxygens (including phenoxy) is 1. The van der Waals surface area contributed by atoms with Crippen molar-refractivity contribution >= 4 is 29.1 Å². The normalized spacial score (nSPS) is 20.9. The number of amides is 3. The number of hydrogen-bond donors (Lipinski definition) is 1.